The van der Waals surface area contributed by atoms with Gasteiger partial charge in [-0.25, -0.2) is 13.5 Å². The van der Waals surface area contributed by atoms with E-state index in [9.17, 15) is 18.4 Å². The number of rotatable bonds is 4. The lowest BCUT2D eigenvalue weighted by atomic mass is 10.1. The van der Waals surface area contributed by atoms with Crippen LogP contribution in [0, 0.1) is 11.6 Å². The number of piperazine rings is 1. The van der Waals surface area contributed by atoms with Gasteiger partial charge in [0.25, 0.3) is 11.8 Å². The third-order valence-electron chi connectivity index (χ3n) is 6.07. The number of carbonyl (C=O) groups excluding carboxylic acids is 2. The first kappa shape index (κ1) is 22.5. The molecule has 0 bridgehead atoms. The number of hydrogen-bond donors (Lipinski definition) is 0. The van der Waals surface area contributed by atoms with E-state index in [-0.39, 0.29) is 17.4 Å². The van der Waals surface area contributed by atoms with Gasteiger partial charge in [-0.15, -0.1) is 0 Å². The number of nitrogens with zero attached hydrogens (tertiary/aromatic N) is 4. The third kappa shape index (κ3) is 4.55. The van der Waals surface area contributed by atoms with E-state index in [1.807, 2.05) is 48.5 Å². The summed E-state index contributed by atoms with van der Waals surface area (Å²) in [6.45, 7) is 1.30. The van der Waals surface area contributed by atoms with Crippen molar-refractivity contribution < 1.29 is 18.4 Å². The fraction of sp³-hybridized carbons (Fsp3) is 0.148. The van der Waals surface area contributed by atoms with Gasteiger partial charge < -0.3 is 9.80 Å². The molecular formula is C27H22F2N4O2. The van der Waals surface area contributed by atoms with Gasteiger partial charge in [0.1, 0.15) is 0 Å². The molecule has 1 saturated heterocycles. The Balaban J connectivity index is 1.29. The molecule has 0 saturated carbocycles. The molecule has 0 radical (unpaired) electrons. The van der Waals surface area contributed by atoms with Gasteiger partial charge in [-0.3, -0.25) is 9.59 Å². The summed E-state index contributed by atoms with van der Waals surface area (Å²) < 4.78 is 28.5. The molecule has 3 aromatic carbocycles. The van der Waals surface area contributed by atoms with E-state index in [2.05, 4.69) is 5.10 Å². The molecule has 2 amide bonds. The highest BCUT2D eigenvalue weighted by molar-refractivity contribution is 5.96. The van der Waals surface area contributed by atoms with Crippen molar-refractivity contribution in [2.24, 2.45) is 0 Å². The first-order chi connectivity index (χ1) is 17.0. The fourth-order valence-electron chi connectivity index (χ4n) is 4.21. The molecule has 2 heterocycles. The summed E-state index contributed by atoms with van der Waals surface area (Å²) in [6, 6.07) is 22.2. The minimum Gasteiger partial charge on any atom is -0.335 e. The van der Waals surface area contributed by atoms with Gasteiger partial charge in [-0.1, -0.05) is 36.4 Å². The number of amides is 2. The van der Waals surface area contributed by atoms with Crippen LogP contribution in [0.15, 0.2) is 85.1 Å². The zero-order chi connectivity index (χ0) is 24.4. The van der Waals surface area contributed by atoms with Gasteiger partial charge in [0.2, 0.25) is 0 Å². The van der Waals surface area contributed by atoms with Crippen LogP contribution in [-0.2, 0) is 0 Å². The van der Waals surface area contributed by atoms with Gasteiger partial charge in [-0.2, -0.15) is 5.10 Å². The van der Waals surface area contributed by atoms with Crippen molar-refractivity contribution in [3.05, 3.63) is 108 Å². The van der Waals surface area contributed by atoms with Crippen LogP contribution in [0.2, 0.25) is 0 Å². The molecule has 8 heteroatoms. The SMILES string of the molecule is O=C(c1cccc(-n2nccc2-c2ccccc2)c1)N1CCN(C(=O)c2ccc(F)c(F)c2)CC1. The van der Waals surface area contributed by atoms with Gasteiger partial charge in [0.15, 0.2) is 11.6 Å². The molecule has 0 unspecified atom stereocenters. The van der Waals surface area contributed by atoms with Crippen molar-refractivity contribution in [3.8, 4) is 16.9 Å². The molecule has 1 aliphatic rings. The van der Waals surface area contributed by atoms with Crippen LogP contribution in [0.1, 0.15) is 20.7 Å². The van der Waals surface area contributed by atoms with Crippen LogP contribution in [0.4, 0.5) is 8.78 Å². The number of benzene rings is 3. The molecular weight excluding hydrogens is 450 g/mol. The highest BCUT2D eigenvalue weighted by Gasteiger charge is 2.26. The topological polar surface area (TPSA) is 58.4 Å². The Morgan fingerprint density at radius 1 is 0.686 bits per heavy atom. The molecule has 6 nitrogen and oxygen atoms in total. The van der Waals surface area contributed by atoms with Crippen molar-refractivity contribution in [1.82, 2.24) is 19.6 Å². The Morgan fingerprint density at radius 3 is 2.00 bits per heavy atom. The molecule has 0 atom stereocenters. The molecule has 176 valence electrons. The maximum absolute atomic E-state index is 13.5. The van der Waals surface area contributed by atoms with E-state index < -0.39 is 11.6 Å². The van der Waals surface area contributed by atoms with E-state index in [0.29, 0.717) is 31.7 Å². The Kier molecular flexibility index (Phi) is 6.10. The van der Waals surface area contributed by atoms with Crippen molar-refractivity contribution in [2.45, 2.75) is 0 Å². The van der Waals surface area contributed by atoms with Gasteiger partial charge in [-0.05, 0) is 42.5 Å². The highest BCUT2D eigenvalue weighted by atomic mass is 19.2. The second kappa shape index (κ2) is 9.50. The number of hydrogen-bond acceptors (Lipinski definition) is 3. The lowest BCUT2D eigenvalue weighted by molar-refractivity contribution is 0.0535. The van der Waals surface area contributed by atoms with Gasteiger partial charge in [0.05, 0.1) is 17.6 Å². The largest absolute Gasteiger partial charge is 0.335 e. The monoisotopic (exact) mass is 472 g/mol. The van der Waals surface area contributed by atoms with E-state index in [1.165, 1.54) is 6.07 Å². The summed E-state index contributed by atoms with van der Waals surface area (Å²) in [4.78, 5) is 29.1. The maximum atomic E-state index is 13.5. The van der Waals surface area contributed by atoms with Crippen LogP contribution in [0.5, 0.6) is 0 Å². The molecule has 4 aromatic rings. The van der Waals surface area contributed by atoms with E-state index >= 15 is 0 Å². The summed E-state index contributed by atoms with van der Waals surface area (Å²) in [5.74, 6) is -2.58. The predicted molar refractivity (Wildman–Crippen MR) is 127 cm³/mol. The van der Waals surface area contributed by atoms with Crippen LogP contribution < -0.4 is 0 Å². The van der Waals surface area contributed by atoms with Crippen LogP contribution in [0.25, 0.3) is 16.9 Å². The number of halogens is 2. The summed E-state index contributed by atoms with van der Waals surface area (Å²) in [5.41, 5.74) is 3.32. The van der Waals surface area contributed by atoms with Gasteiger partial charge in [0, 0.05) is 42.9 Å². The highest BCUT2D eigenvalue weighted by Crippen LogP contribution is 2.23. The van der Waals surface area contributed by atoms with Crippen LogP contribution in [-0.4, -0.2) is 57.6 Å². The molecule has 0 N–H and O–H groups in total. The second-order valence-corrected chi connectivity index (χ2v) is 8.26. The summed E-state index contributed by atoms with van der Waals surface area (Å²) in [5, 5.41) is 4.44. The van der Waals surface area contributed by atoms with Crippen molar-refractivity contribution in [1.29, 1.82) is 0 Å². The molecule has 1 aliphatic heterocycles. The zero-order valence-electron chi connectivity index (χ0n) is 18.8. The van der Waals surface area contributed by atoms with E-state index in [4.69, 9.17) is 0 Å². The number of aromatic nitrogens is 2. The smallest absolute Gasteiger partial charge is 0.254 e. The first-order valence-electron chi connectivity index (χ1n) is 11.2. The molecule has 1 fully saturated rings. The fourth-order valence-corrected chi connectivity index (χ4v) is 4.21. The second-order valence-electron chi connectivity index (χ2n) is 8.26. The lowest BCUT2D eigenvalue weighted by Gasteiger charge is -2.35. The zero-order valence-corrected chi connectivity index (χ0v) is 18.8. The van der Waals surface area contributed by atoms with E-state index in [1.54, 1.807) is 32.8 Å². The Morgan fingerprint density at radius 2 is 1.34 bits per heavy atom. The Bertz CT molecular complexity index is 1380. The van der Waals surface area contributed by atoms with Crippen LogP contribution in [0.3, 0.4) is 0 Å². The van der Waals surface area contributed by atoms with Gasteiger partial charge >= 0.3 is 0 Å². The Labute approximate surface area is 201 Å². The summed E-state index contributed by atoms with van der Waals surface area (Å²) in [6.07, 6.45) is 1.72. The summed E-state index contributed by atoms with van der Waals surface area (Å²) in [7, 11) is 0. The maximum Gasteiger partial charge on any atom is 0.254 e. The first-order valence-corrected chi connectivity index (χ1v) is 11.2. The Hall–Kier alpha value is -4.33. The standard InChI is InChI=1S/C27H22F2N4O2/c28-23-10-9-21(18-24(23)29)27(35)32-15-13-31(14-16-32)26(34)20-7-4-8-22(17-20)33-25(11-12-30-33)19-5-2-1-3-6-19/h1-12,17-18H,13-16H2. The summed E-state index contributed by atoms with van der Waals surface area (Å²) >= 11 is 0. The third-order valence-corrected chi connectivity index (χ3v) is 6.07. The lowest BCUT2D eigenvalue weighted by Crippen LogP contribution is -2.50. The van der Waals surface area contributed by atoms with Crippen molar-refractivity contribution >= 4 is 11.8 Å². The van der Waals surface area contributed by atoms with Crippen LogP contribution >= 0.6 is 0 Å². The molecule has 5 rings (SSSR count). The normalized spacial score (nSPS) is 13.7. The molecule has 35 heavy (non-hydrogen) atoms. The predicted octanol–water partition coefficient (Wildman–Crippen LogP) is 4.42. The molecule has 1 aromatic heterocycles. The molecule has 0 spiro atoms. The molecule has 0 aliphatic carbocycles. The minimum absolute atomic E-state index is 0.0878. The quantitative estimate of drug-likeness (QED) is 0.442. The average molecular weight is 472 g/mol. The van der Waals surface area contributed by atoms with E-state index in [0.717, 1.165) is 29.1 Å². The minimum atomic E-state index is -1.06. The van der Waals surface area contributed by atoms with Crippen molar-refractivity contribution in [2.75, 3.05) is 26.2 Å². The average Bonchev–Trinajstić information content (AvgIpc) is 3.40. The number of carbonyl (C=O) groups is 2. The van der Waals surface area contributed by atoms with Crippen molar-refractivity contribution in [3.63, 3.8) is 0 Å².